The van der Waals surface area contributed by atoms with Gasteiger partial charge in [-0.1, -0.05) is 41.9 Å². The number of pyridine rings is 1. The van der Waals surface area contributed by atoms with Crippen LogP contribution in [0.1, 0.15) is 55.7 Å². The largest absolute Gasteiger partial charge is 0.497 e. The van der Waals surface area contributed by atoms with Gasteiger partial charge in [-0.15, -0.1) is 0 Å². The molecule has 204 valence electrons. The second-order valence-corrected chi connectivity index (χ2v) is 10.00. The molecule has 0 aliphatic carbocycles. The lowest BCUT2D eigenvalue weighted by Crippen LogP contribution is -2.27. The molecule has 0 radical (unpaired) electrons. The number of nitrogens with zero attached hydrogens (tertiary/aromatic N) is 1. The van der Waals surface area contributed by atoms with E-state index in [2.05, 4.69) is 15.9 Å². The molecule has 9 heteroatoms. The Kier molecular flexibility index (Phi) is 9.84. The highest BCUT2D eigenvalue weighted by Gasteiger charge is 2.35. The van der Waals surface area contributed by atoms with Crippen LogP contribution in [0.25, 0.3) is 22.9 Å². The Hall–Kier alpha value is -3.04. The minimum atomic E-state index is -4.67. The van der Waals surface area contributed by atoms with Crippen molar-refractivity contribution in [2.75, 3.05) is 20.8 Å². The molecule has 0 saturated carbocycles. The fraction of sp³-hybridized carbons (Fsp3) is 0.345. The van der Waals surface area contributed by atoms with Gasteiger partial charge < -0.3 is 14.6 Å². The highest BCUT2D eigenvalue weighted by molar-refractivity contribution is 9.10. The number of rotatable bonds is 10. The summed E-state index contributed by atoms with van der Waals surface area (Å²) in [5.74, 6) is 0.707. The molecule has 0 atom stereocenters. The second-order valence-electron chi connectivity index (χ2n) is 9.08. The van der Waals surface area contributed by atoms with Gasteiger partial charge in [0, 0.05) is 34.5 Å². The van der Waals surface area contributed by atoms with Crippen LogP contribution in [0.3, 0.4) is 0 Å². The summed E-state index contributed by atoms with van der Waals surface area (Å²) >= 11 is 3.26. The van der Waals surface area contributed by atoms with Gasteiger partial charge in [0.1, 0.15) is 11.5 Å². The van der Waals surface area contributed by atoms with E-state index in [0.29, 0.717) is 51.1 Å². The molecule has 0 fully saturated rings. The van der Waals surface area contributed by atoms with Gasteiger partial charge in [-0.2, -0.15) is 13.2 Å². The van der Waals surface area contributed by atoms with Crippen LogP contribution in [0, 0.1) is 0 Å². The summed E-state index contributed by atoms with van der Waals surface area (Å²) < 4.78 is 54.5. The van der Waals surface area contributed by atoms with Crippen LogP contribution in [-0.4, -0.2) is 30.5 Å². The summed E-state index contributed by atoms with van der Waals surface area (Å²) in [6.07, 6.45) is 2.62. The van der Waals surface area contributed by atoms with Crippen molar-refractivity contribution in [2.24, 2.45) is 0 Å². The number of hydrogen-bond donors (Lipinski definition) is 1. The molecule has 2 aromatic carbocycles. The number of aliphatic hydroxyl groups excluding tert-OH is 1. The maximum Gasteiger partial charge on any atom is 0.418 e. The average molecular weight is 594 g/mol. The summed E-state index contributed by atoms with van der Waals surface area (Å²) in [6, 6.07) is 8.77. The number of hydrogen-bond acceptors (Lipinski definition) is 4. The Balaban J connectivity index is 2.43. The molecule has 1 N–H and O–H groups in total. The number of unbranched alkanes of at least 4 members (excludes halogenated alkanes) is 2. The first-order valence-electron chi connectivity index (χ1n) is 12.2. The van der Waals surface area contributed by atoms with E-state index in [-0.39, 0.29) is 18.2 Å². The summed E-state index contributed by atoms with van der Waals surface area (Å²) in [7, 11) is 3.02. The Morgan fingerprint density at radius 3 is 2.26 bits per heavy atom. The minimum Gasteiger partial charge on any atom is -0.497 e. The van der Waals surface area contributed by atoms with Crippen molar-refractivity contribution in [1.82, 2.24) is 4.57 Å². The van der Waals surface area contributed by atoms with E-state index in [9.17, 15) is 18.0 Å². The molecule has 0 unspecified atom stereocenters. The quantitative estimate of drug-likeness (QED) is 0.246. The van der Waals surface area contributed by atoms with Crippen molar-refractivity contribution in [3.63, 3.8) is 0 Å². The molecule has 0 aliphatic rings. The molecule has 0 bridgehead atoms. The summed E-state index contributed by atoms with van der Waals surface area (Å²) in [4.78, 5) is 13.9. The Morgan fingerprint density at radius 2 is 1.71 bits per heavy atom. The predicted molar refractivity (Wildman–Crippen MR) is 147 cm³/mol. The second kappa shape index (κ2) is 12.7. The van der Waals surface area contributed by atoms with Crippen LogP contribution in [-0.2, 0) is 6.18 Å². The number of aromatic nitrogens is 1. The van der Waals surface area contributed by atoms with Crippen molar-refractivity contribution in [3.8, 4) is 28.3 Å². The molecular formula is C29H31BrF3NO4. The molecule has 3 aromatic rings. The molecular weight excluding hydrogens is 563 g/mol. The Morgan fingerprint density at radius 1 is 1.05 bits per heavy atom. The van der Waals surface area contributed by atoms with Crippen molar-refractivity contribution in [3.05, 3.63) is 80.2 Å². The van der Waals surface area contributed by atoms with Gasteiger partial charge in [-0.05, 0) is 66.6 Å². The van der Waals surface area contributed by atoms with E-state index in [1.54, 1.807) is 18.2 Å². The van der Waals surface area contributed by atoms with E-state index >= 15 is 0 Å². The zero-order chi connectivity index (χ0) is 28.0. The molecule has 0 aliphatic heterocycles. The maximum absolute atomic E-state index is 14.0. The molecule has 5 nitrogen and oxygen atoms in total. The van der Waals surface area contributed by atoms with Crippen LogP contribution < -0.4 is 15.0 Å². The van der Waals surface area contributed by atoms with Crippen LogP contribution in [0.2, 0.25) is 0 Å². The molecule has 0 amide bonds. The number of benzene rings is 2. The Labute approximate surface area is 228 Å². The molecule has 3 rings (SSSR count). The average Bonchev–Trinajstić information content (AvgIpc) is 2.87. The van der Waals surface area contributed by atoms with Crippen molar-refractivity contribution >= 4 is 22.0 Å². The van der Waals surface area contributed by atoms with Gasteiger partial charge in [0.2, 0.25) is 0 Å². The van der Waals surface area contributed by atoms with Crippen molar-refractivity contribution in [2.45, 2.75) is 45.2 Å². The smallest absolute Gasteiger partial charge is 0.418 e. The van der Waals surface area contributed by atoms with Crippen molar-refractivity contribution in [1.29, 1.82) is 0 Å². The van der Waals surface area contributed by atoms with Gasteiger partial charge in [0.15, 0.2) is 0 Å². The number of ether oxygens (including phenoxy) is 2. The van der Waals surface area contributed by atoms with Crippen LogP contribution in [0.15, 0.2) is 57.9 Å². The van der Waals surface area contributed by atoms with E-state index in [1.165, 1.54) is 32.5 Å². The zero-order valence-corrected chi connectivity index (χ0v) is 23.3. The molecule has 1 aromatic heterocycles. The molecule has 0 spiro atoms. The topological polar surface area (TPSA) is 60.7 Å². The van der Waals surface area contributed by atoms with E-state index in [0.717, 1.165) is 17.1 Å². The van der Waals surface area contributed by atoms with E-state index < -0.39 is 17.3 Å². The normalized spacial score (nSPS) is 11.9. The Bertz CT molecular complexity index is 1340. The highest BCUT2D eigenvalue weighted by Crippen LogP contribution is 2.38. The lowest BCUT2D eigenvalue weighted by Gasteiger charge is -2.21. The third kappa shape index (κ3) is 6.69. The standard InChI is InChI=1S/C29H31BrF3NO4/c1-18(2)27-23(9-7-5-6-8-12-35)24(19-13-21(37-3)16-22(14-19)38-4)17-34(28(27)36)26-15-20(30)10-11-25(26)29(31,32)33/h7,9-11,13-18,35H,5-6,8,12H2,1-4H3/b9-7-. The van der Waals surface area contributed by atoms with Gasteiger partial charge in [-0.3, -0.25) is 9.36 Å². The predicted octanol–water partition coefficient (Wildman–Crippen LogP) is 7.60. The maximum atomic E-state index is 14.0. The SMILES string of the molecule is COc1cc(OC)cc(-c2cn(-c3cc(Br)ccc3C(F)(F)F)c(=O)c(C(C)C)c2/C=C\CCCCO)c1. The van der Waals surface area contributed by atoms with E-state index in [1.807, 2.05) is 26.0 Å². The highest BCUT2D eigenvalue weighted by atomic mass is 79.9. The molecule has 38 heavy (non-hydrogen) atoms. The fourth-order valence-electron chi connectivity index (χ4n) is 4.28. The number of allylic oxidation sites excluding steroid dienone is 1. The number of aliphatic hydroxyl groups is 1. The minimum absolute atomic E-state index is 0.0875. The first-order valence-corrected chi connectivity index (χ1v) is 13.0. The monoisotopic (exact) mass is 593 g/mol. The van der Waals surface area contributed by atoms with Crippen LogP contribution in [0.4, 0.5) is 13.2 Å². The van der Waals surface area contributed by atoms with Gasteiger partial charge in [0.05, 0.1) is 25.5 Å². The summed E-state index contributed by atoms with van der Waals surface area (Å²) in [6.45, 7) is 3.77. The number of alkyl halides is 3. The van der Waals surface area contributed by atoms with Gasteiger partial charge >= 0.3 is 6.18 Å². The fourth-order valence-corrected chi connectivity index (χ4v) is 4.62. The van der Waals surface area contributed by atoms with Gasteiger partial charge in [-0.25, -0.2) is 0 Å². The summed E-state index contributed by atoms with van der Waals surface area (Å²) in [5, 5.41) is 9.09. The zero-order valence-electron chi connectivity index (χ0n) is 21.7. The van der Waals surface area contributed by atoms with Crippen LogP contribution in [0.5, 0.6) is 11.5 Å². The molecule has 1 heterocycles. The lowest BCUT2D eigenvalue weighted by atomic mass is 9.91. The van der Waals surface area contributed by atoms with Gasteiger partial charge in [0.25, 0.3) is 5.56 Å². The number of methoxy groups -OCH3 is 2. The van der Waals surface area contributed by atoms with Crippen LogP contribution >= 0.6 is 15.9 Å². The molecule has 0 saturated heterocycles. The first-order chi connectivity index (χ1) is 18.0. The number of halogens is 4. The third-order valence-electron chi connectivity index (χ3n) is 6.12. The van der Waals surface area contributed by atoms with E-state index in [4.69, 9.17) is 14.6 Å². The first kappa shape index (κ1) is 29.5. The van der Waals surface area contributed by atoms with Crippen molar-refractivity contribution < 1.29 is 27.8 Å². The summed E-state index contributed by atoms with van der Waals surface area (Å²) in [5.41, 5.74) is 0.455. The third-order valence-corrected chi connectivity index (χ3v) is 6.61. The lowest BCUT2D eigenvalue weighted by molar-refractivity contribution is -0.137.